The molecule has 3 N–H and O–H groups in total. The lowest BCUT2D eigenvalue weighted by Gasteiger charge is -2.39. The van der Waals surface area contributed by atoms with Crippen LogP contribution in [0.1, 0.15) is 32.6 Å². The van der Waals surface area contributed by atoms with Gasteiger partial charge in [0.2, 0.25) is 23.4 Å². The van der Waals surface area contributed by atoms with Gasteiger partial charge in [0.15, 0.2) is 11.6 Å². The van der Waals surface area contributed by atoms with Crippen molar-refractivity contribution in [3.05, 3.63) is 11.1 Å². The summed E-state index contributed by atoms with van der Waals surface area (Å²) in [5.74, 6) is -1.64. The number of piperazine rings is 1. The first-order chi connectivity index (χ1) is 14.8. The van der Waals surface area contributed by atoms with Gasteiger partial charge in [-0.15, -0.1) is 0 Å². The molecular weight excluding hydrogens is 429 g/mol. The highest BCUT2D eigenvalue weighted by Gasteiger charge is 2.30. The van der Waals surface area contributed by atoms with E-state index >= 15 is 4.39 Å². The van der Waals surface area contributed by atoms with Gasteiger partial charge in [0.05, 0.1) is 12.5 Å². The lowest BCUT2D eigenvalue weighted by molar-refractivity contribution is -0.155. The highest BCUT2D eigenvalue weighted by atomic mass is 35.5. The summed E-state index contributed by atoms with van der Waals surface area (Å²) in [6.07, 6.45) is 3.89. The molecule has 3 rings (SSSR count). The summed E-state index contributed by atoms with van der Waals surface area (Å²) in [5.41, 5.74) is 4.94. The van der Waals surface area contributed by atoms with Crippen LogP contribution in [0.25, 0.3) is 0 Å². The molecule has 31 heavy (non-hydrogen) atoms. The standard InChI is InChI=1S/C19H29ClFN7O3/c1-12-9-26(2)6-7-28(12)17-15(21)16(22-19(20)23-17)24-25-18(30)14(10-27(31)11-29)8-13-4-3-5-13/h11-14,31H,3-10H2,1-2H3,(H,25,30)(H,22,23,24)/t12-,14-/m1/s1. The molecule has 1 aliphatic carbocycles. The maximum atomic E-state index is 15.2. The van der Waals surface area contributed by atoms with E-state index < -0.39 is 17.6 Å². The Bertz CT molecular complexity index is 798. The van der Waals surface area contributed by atoms with Gasteiger partial charge in [0, 0.05) is 25.7 Å². The Morgan fingerprint density at radius 2 is 2.16 bits per heavy atom. The zero-order valence-corrected chi connectivity index (χ0v) is 18.5. The number of aromatic nitrogens is 2. The van der Waals surface area contributed by atoms with Crippen LogP contribution in [0.3, 0.4) is 0 Å². The SMILES string of the molecule is C[C@@H]1CN(C)CCN1c1nc(Cl)nc(NNC(=O)[C@H](CC2CCC2)CN(O)C=O)c1F. The number of hydrazine groups is 1. The molecule has 12 heteroatoms. The number of likely N-dealkylation sites (N-methyl/N-ethyl adjacent to an activating group) is 1. The Labute approximate surface area is 185 Å². The van der Waals surface area contributed by atoms with Crippen LogP contribution in [0.15, 0.2) is 0 Å². The van der Waals surface area contributed by atoms with Crippen LogP contribution in [0.5, 0.6) is 0 Å². The molecule has 2 fully saturated rings. The number of carbonyl (C=O) groups is 2. The molecule has 172 valence electrons. The van der Waals surface area contributed by atoms with Crippen LogP contribution in [-0.4, -0.2) is 76.7 Å². The summed E-state index contributed by atoms with van der Waals surface area (Å²) in [7, 11) is 2.00. The van der Waals surface area contributed by atoms with Crippen molar-refractivity contribution in [3.63, 3.8) is 0 Å². The number of nitrogens with zero attached hydrogens (tertiary/aromatic N) is 5. The average molecular weight is 458 g/mol. The molecule has 1 saturated carbocycles. The second-order valence-electron chi connectivity index (χ2n) is 8.35. The van der Waals surface area contributed by atoms with Crippen LogP contribution < -0.4 is 15.8 Å². The van der Waals surface area contributed by atoms with E-state index in [1.54, 1.807) is 0 Å². The molecule has 2 aliphatic rings. The summed E-state index contributed by atoms with van der Waals surface area (Å²) < 4.78 is 15.2. The van der Waals surface area contributed by atoms with Crippen molar-refractivity contribution in [2.75, 3.05) is 43.6 Å². The minimum atomic E-state index is -0.715. The minimum Gasteiger partial charge on any atom is -0.349 e. The number of rotatable bonds is 9. The van der Waals surface area contributed by atoms with E-state index in [1.807, 2.05) is 18.9 Å². The van der Waals surface area contributed by atoms with E-state index in [9.17, 15) is 14.8 Å². The predicted octanol–water partition coefficient (Wildman–Crippen LogP) is 1.51. The minimum absolute atomic E-state index is 0.0207. The van der Waals surface area contributed by atoms with Crippen LogP contribution >= 0.6 is 11.6 Å². The Hall–Kier alpha value is -2.24. The topological polar surface area (TPSA) is 114 Å². The molecule has 2 atom stereocenters. The van der Waals surface area contributed by atoms with E-state index in [2.05, 4.69) is 25.7 Å². The number of nitrogens with one attached hydrogen (secondary N) is 2. The van der Waals surface area contributed by atoms with Crippen molar-refractivity contribution in [2.24, 2.45) is 11.8 Å². The molecule has 0 unspecified atom stereocenters. The zero-order chi connectivity index (χ0) is 22.5. The number of amides is 2. The Morgan fingerprint density at radius 3 is 2.77 bits per heavy atom. The lowest BCUT2D eigenvalue weighted by atomic mass is 9.79. The van der Waals surface area contributed by atoms with Crippen LogP contribution in [0.4, 0.5) is 16.0 Å². The first-order valence-corrected chi connectivity index (χ1v) is 10.8. The summed E-state index contributed by atoms with van der Waals surface area (Å²) in [5, 5.41) is 9.83. The largest absolute Gasteiger partial charge is 0.349 e. The monoisotopic (exact) mass is 457 g/mol. The maximum absolute atomic E-state index is 15.2. The fourth-order valence-corrected chi connectivity index (χ4v) is 4.19. The van der Waals surface area contributed by atoms with E-state index in [1.165, 1.54) is 0 Å². The molecule has 0 aromatic carbocycles. The molecule has 1 saturated heterocycles. The highest BCUT2D eigenvalue weighted by Crippen LogP contribution is 2.32. The Morgan fingerprint density at radius 1 is 1.42 bits per heavy atom. The summed E-state index contributed by atoms with van der Waals surface area (Å²) in [4.78, 5) is 35.3. The molecule has 0 bridgehead atoms. The van der Waals surface area contributed by atoms with Gasteiger partial charge < -0.3 is 9.80 Å². The molecule has 0 spiro atoms. The summed E-state index contributed by atoms with van der Waals surface area (Å²) in [6.45, 7) is 3.90. The lowest BCUT2D eigenvalue weighted by Crippen LogP contribution is -2.51. The van der Waals surface area contributed by atoms with Crippen molar-refractivity contribution in [1.82, 2.24) is 25.4 Å². The third kappa shape index (κ3) is 5.92. The normalized spacial score (nSPS) is 20.7. The molecule has 0 radical (unpaired) electrons. The quantitative estimate of drug-likeness (QED) is 0.221. The first-order valence-electron chi connectivity index (χ1n) is 10.4. The summed E-state index contributed by atoms with van der Waals surface area (Å²) >= 11 is 6.02. The van der Waals surface area contributed by atoms with Crippen LogP contribution in [-0.2, 0) is 9.59 Å². The number of halogens is 2. The van der Waals surface area contributed by atoms with Crippen molar-refractivity contribution in [1.29, 1.82) is 0 Å². The third-order valence-corrected chi connectivity index (χ3v) is 6.12. The molecular formula is C19H29ClFN7O3. The van der Waals surface area contributed by atoms with Gasteiger partial charge in [-0.05, 0) is 37.9 Å². The maximum Gasteiger partial charge on any atom is 0.243 e. The fraction of sp³-hybridized carbons (Fsp3) is 0.684. The van der Waals surface area contributed by atoms with Gasteiger partial charge in [0.1, 0.15) is 0 Å². The summed E-state index contributed by atoms with van der Waals surface area (Å²) in [6, 6.07) is 0.0207. The van der Waals surface area contributed by atoms with Crippen molar-refractivity contribution in [2.45, 2.75) is 38.6 Å². The number of hydrogen-bond acceptors (Lipinski definition) is 8. The van der Waals surface area contributed by atoms with E-state index in [0.717, 1.165) is 32.4 Å². The number of anilines is 2. The van der Waals surface area contributed by atoms with Gasteiger partial charge >= 0.3 is 0 Å². The van der Waals surface area contributed by atoms with Gasteiger partial charge in [-0.3, -0.25) is 25.6 Å². The fourth-order valence-electron chi connectivity index (χ4n) is 4.02. The van der Waals surface area contributed by atoms with Gasteiger partial charge in [-0.25, -0.2) is 5.06 Å². The number of hydrogen-bond donors (Lipinski definition) is 3. The van der Waals surface area contributed by atoms with E-state index in [4.69, 9.17) is 11.6 Å². The highest BCUT2D eigenvalue weighted by molar-refractivity contribution is 6.28. The van der Waals surface area contributed by atoms with E-state index in [-0.39, 0.29) is 35.9 Å². The number of hydroxylamine groups is 2. The molecule has 1 aromatic rings. The van der Waals surface area contributed by atoms with Crippen molar-refractivity contribution in [3.8, 4) is 0 Å². The third-order valence-electron chi connectivity index (χ3n) is 5.96. The Kier molecular flexibility index (Phi) is 7.84. The van der Waals surface area contributed by atoms with Gasteiger partial charge in [-0.2, -0.15) is 14.4 Å². The van der Waals surface area contributed by atoms with Crippen LogP contribution in [0, 0.1) is 17.7 Å². The van der Waals surface area contributed by atoms with Gasteiger partial charge in [0.25, 0.3) is 0 Å². The second kappa shape index (κ2) is 10.4. The predicted molar refractivity (Wildman–Crippen MR) is 113 cm³/mol. The number of carbonyl (C=O) groups excluding carboxylic acids is 2. The van der Waals surface area contributed by atoms with Crippen molar-refractivity contribution >= 4 is 35.6 Å². The first kappa shape index (κ1) is 23.4. The molecule has 2 amide bonds. The molecule has 2 heterocycles. The van der Waals surface area contributed by atoms with Crippen molar-refractivity contribution < 1.29 is 19.2 Å². The van der Waals surface area contributed by atoms with Gasteiger partial charge in [-0.1, -0.05) is 19.3 Å². The van der Waals surface area contributed by atoms with Crippen LogP contribution in [0.2, 0.25) is 5.28 Å². The molecule has 10 nitrogen and oxygen atoms in total. The smallest absolute Gasteiger partial charge is 0.243 e. The molecule has 1 aromatic heterocycles. The molecule has 1 aliphatic heterocycles. The van der Waals surface area contributed by atoms with E-state index in [0.29, 0.717) is 23.9 Å². The zero-order valence-electron chi connectivity index (χ0n) is 17.7. The Balaban J connectivity index is 1.70. The average Bonchev–Trinajstić information content (AvgIpc) is 2.69. The second-order valence-corrected chi connectivity index (χ2v) is 8.69.